The van der Waals surface area contributed by atoms with E-state index >= 15 is 0 Å². The number of benzene rings is 1. The molecule has 2 rings (SSSR count). The van der Waals surface area contributed by atoms with Crippen LogP contribution in [0.1, 0.15) is 39.2 Å². The van der Waals surface area contributed by atoms with E-state index in [2.05, 4.69) is 5.32 Å². The third-order valence-corrected chi connectivity index (χ3v) is 3.34. The van der Waals surface area contributed by atoms with Crippen molar-refractivity contribution in [3.8, 4) is 5.75 Å². The third-order valence-electron chi connectivity index (χ3n) is 3.34. The van der Waals surface area contributed by atoms with Gasteiger partial charge in [-0.1, -0.05) is 12.1 Å². The number of hydrogen-bond donors (Lipinski definition) is 3. The summed E-state index contributed by atoms with van der Waals surface area (Å²) in [6.45, 7) is 5.16. The second kappa shape index (κ2) is 4.95. The van der Waals surface area contributed by atoms with E-state index < -0.39 is 23.1 Å². The molecule has 6 nitrogen and oxygen atoms in total. The highest BCUT2D eigenvalue weighted by atomic mass is 16.6. The summed E-state index contributed by atoms with van der Waals surface area (Å²) in [5, 5.41) is 21.8. The number of rotatable bonds is 3. The van der Waals surface area contributed by atoms with E-state index in [9.17, 15) is 19.8 Å². The molecule has 1 aliphatic rings. The second-order valence-electron chi connectivity index (χ2n) is 6.21. The molecule has 0 heterocycles. The van der Waals surface area contributed by atoms with Gasteiger partial charge in [-0.2, -0.15) is 0 Å². The van der Waals surface area contributed by atoms with Crippen molar-refractivity contribution in [1.82, 2.24) is 0 Å². The Bertz CT molecular complexity index is 584. The molecule has 0 aliphatic heterocycles. The van der Waals surface area contributed by atoms with Crippen LogP contribution in [0.3, 0.4) is 0 Å². The van der Waals surface area contributed by atoms with Crippen LogP contribution in [-0.4, -0.2) is 27.9 Å². The Kier molecular flexibility index (Phi) is 3.57. The number of anilines is 1. The number of hydrogen-bond acceptors (Lipinski definition) is 4. The number of carboxylic acid groups (broad SMARTS) is 1. The van der Waals surface area contributed by atoms with Gasteiger partial charge in [0.25, 0.3) is 0 Å². The molecule has 0 spiro atoms. The first kappa shape index (κ1) is 15.2. The lowest BCUT2D eigenvalue weighted by atomic mass is 9.94. The molecule has 0 radical (unpaired) electrons. The third kappa shape index (κ3) is 3.09. The largest absolute Gasteiger partial charge is 0.506 e. The quantitative estimate of drug-likeness (QED) is 0.745. The van der Waals surface area contributed by atoms with Crippen molar-refractivity contribution in [3.05, 3.63) is 23.8 Å². The fourth-order valence-electron chi connectivity index (χ4n) is 2.20. The summed E-state index contributed by atoms with van der Waals surface area (Å²) in [7, 11) is 0. The SMILES string of the molecule is CC(C)(C)OC(=O)Nc1c(O)cccc1C1(C(=O)O)CC1. The average Bonchev–Trinajstić information content (AvgIpc) is 3.10. The van der Waals surface area contributed by atoms with E-state index in [-0.39, 0.29) is 11.4 Å². The monoisotopic (exact) mass is 293 g/mol. The van der Waals surface area contributed by atoms with Crippen molar-refractivity contribution >= 4 is 17.7 Å². The van der Waals surface area contributed by atoms with Gasteiger partial charge in [0.1, 0.15) is 11.4 Å². The Morgan fingerprint density at radius 1 is 1.29 bits per heavy atom. The van der Waals surface area contributed by atoms with E-state index in [1.165, 1.54) is 6.07 Å². The van der Waals surface area contributed by atoms with Gasteiger partial charge >= 0.3 is 12.1 Å². The maximum atomic E-state index is 11.9. The molecule has 0 bridgehead atoms. The summed E-state index contributed by atoms with van der Waals surface area (Å²) in [4.78, 5) is 23.3. The molecule has 1 aliphatic carbocycles. The molecule has 1 aromatic rings. The van der Waals surface area contributed by atoms with Gasteiger partial charge in [0.05, 0.1) is 11.1 Å². The van der Waals surface area contributed by atoms with E-state index in [1.807, 2.05) is 0 Å². The minimum atomic E-state index is -1.02. The zero-order valence-electron chi connectivity index (χ0n) is 12.3. The summed E-state index contributed by atoms with van der Waals surface area (Å²) in [6.07, 6.45) is 0.232. The second-order valence-corrected chi connectivity index (χ2v) is 6.21. The lowest BCUT2D eigenvalue weighted by molar-refractivity contribution is -0.140. The molecule has 0 saturated heterocycles. The van der Waals surface area contributed by atoms with Crippen molar-refractivity contribution in [2.75, 3.05) is 5.32 Å². The van der Waals surface area contributed by atoms with Crippen molar-refractivity contribution in [2.45, 2.75) is 44.6 Å². The van der Waals surface area contributed by atoms with Crippen LogP contribution < -0.4 is 5.32 Å². The zero-order chi connectivity index (χ0) is 15.8. The van der Waals surface area contributed by atoms with Crippen LogP contribution >= 0.6 is 0 Å². The number of aromatic hydroxyl groups is 1. The Morgan fingerprint density at radius 2 is 1.90 bits per heavy atom. The van der Waals surface area contributed by atoms with Crippen LogP contribution in [0.25, 0.3) is 0 Å². The highest BCUT2D eigenvalue weighted by Crippen LogP contribution is 2.52. The van der Waals surface area contributed by atoms with Crippen LogP contribution in [0, 0.1) is 0 Å². The zero-order valence-corrected chi connectivity index (χ0v) is 12.3. The van der Waals surface area contributed by atoms with Gasteiger partial charge in [0, 0.05) is 0 Å². The number of phenolic OH excluding ortho intramolecular Hbond substituents is 1. The summed E-state index contributed by atoms with van der Waals surface area (Å²) in [6, 6.07) is 4.57. The predicted molar refractivity (Wildman–Crippen MR) is 76.5 cm³/mol. The van der Waals surface area contributed by atoms with Crippen LogP contribution in [-0.2, 0) is 14.9 Å². The molecule has 0 unspecified atom stereocenters. The molecule has 1 aromatic carbocycles. The van der Waals surface area contributed by atoms with E-state index in [1.54, 1.807) is 32.9 Å². The topological polar surface area (TPSA) is 95.9 Å². The molecular weight excluding hydrogens is 274 g/mol. The van der Waals surface area contributed by atoms with Crippen molar-refractivity contribution in [2.24, 2.45) is 0 Å². The molecule has 1 saturated carbocycles. The first-order valence-corrected chi connectivity index (χ1v) is 6.71. The molecule has 1 amide bonds. The minimum absolute atomic E-state index is 0.103. The van der Waals surface area contributed by atoms with Crippen molar-refractivity contribution in [1.29, 1.82) is 0 Å². The van der Waals surface area contributed by atoms with Gasteiger partial charge in [0.2, 0.25) is 0 Å². The number of aliphatic carboxylic acids is 1. The summed E-state index contributed by atoms with van der Waals surface area (Å²) in [5.41, 5.74) is -1.20. The first-order chi connectivity index (χ1) is 9.66. The van der Waals surface area contributed by atoms with Gasteiger partial charge in [-0.05, 0) is 45.2 Å². The lowest BCUT2D eigenvalue weighted by Crippen LogP contribution is -2.28. The van der Waals surface area contributed by atoms with Crippen LogP contribution in [0.15, 0.2) is 18.2 Å². The predicted octanol–water partition coefficient (Wildman–Crippen LogP) is 2.86. The summed E-state index contributed by atoms with van der Waals surface area (Å²) < 4.78 is 5.14. The number of carboxylic acids is 1. The minimum Gasteiger partial charge on any atom is -0.506 e. The molecule has 1 fully saturated rings. The van der Waals surface area contributed by atoms with Crippen molar-refractivity contribution < 1.29 is 24.5 Å². The van der Waals surface area contributed by atoms with Crippen LogP contribution in [0.2, 0.25) is 0 Å². The molecule has 6 heteroatoms. The summed E-state index contributed by atoms with van der Waals surface area (Å²) in [5.74, 6) is -1.13. The Labute approximate surface area is 122 Å². The van der Waals surface area contributed by atoms with E-state index in [4.69, 9.17) is 4.74 Å². The fraction of sp³-hybridized carbons (Fsp3) is 0.467. The fourth-order valence-corrected chi connectivity index (χ4v) is 2.20. The van der Waals surface area contributed by atoms with Gasteiger partial charge in [-0.15, -0.1) is 0 Å². The Morgan fingerprint density at radius 3 is 2.38 bits per heavy atom. The lowest BCUT2D eigenvalue weighted by Gasteiger charge is -2.22. The van der Waals surface area contributed by atoms with E-state index in [0.717, 1.165) is 0 Å². The number of para-hydroxylation sites is 1. The highest BCUT2D eigenvalue weighted by molar-refractivity contribution is 5.93. The number of carbonyl (C=O) groups excluding carboxylic acids is 1. The summed E-state index contributed by atoms with van der Waals surface area (Å²) >= 11 is 0. The number of nitrogens with one attached hydrogen (secondary N) is 1. The normalized spacial score (nSPS) is 16.1. The number of ether oxygens (including phenoxy) is 1. The number of phenols is 1. The van der Waals surface area contributed by atoms with Crippen molar-refractivity contribution in [3.63, 3.8) is 0 Å². The standard InChI is InChI=1S/C15H19NO5/c1-14(2,3)21-13(20)16-11-9(5-4-6-10(11)17)15(7-8-15)12(18)19/h4-6,17H,7-8H2,1-3H3,(H,16,20)(H,18,19). The number of carbonyl (C=O) groups is 2. The first-order valence-electron chi connectivity index (χ1n) is 6.71. The van der Waals surface area contributed by atoms with Gasteiger partial charge in [-0.25, -0.2) is 4.79 Å². The van der Waals surface area contributed by atoms with E-state index in [0.29, 0.717) is 18.4 Å². The molecule has 0 atom stereocenters. The molecule has 0 aromatic heterocycles. The maximum Gasteiger partial charge on any atom is 0.412 e. The Balaban J connectivity index is 2.32. The molecule has 3 N–H and O–H groups in total. The van der Waals surface area contributed by atoms with Crippen LogP contribution in [0.5, 0.6) is 5.75 Å². The molecule has 114 valence electrons. The molecule has 21 heavy (non-hydrogen) atoms. The average molecular weight is 293 g/mol. The maximum absolute atomic E-state index is 11.9. The molecular formula is C15H19NO5. The highest BCUT2D eigenvalue weighted by Gasteiger charge is 2.53. The van der Waals surface area contributed by atoms with Gasteiger partial charge < -0.3 is 14.9 Å². The van der Waals surface area contributed by atoms with Gasteiger partial charge in [0.15, 0.2) is 0 Å². The van der Waals surface area contributed by atoms with Gasteiger partial charge in [-0.3, -0.25) is 10.1 Å². The van der Waals surface area contributed by atoms with Crippen LogP contribution in [0.4, 0.5) is 10.5 Å². The Hall–Kier alpha value is -2.24. The number of amides is 1. The smallest absolute Gasteiger partial charge is 0.412 e.